The fourth-order valence-corrected chi connectivity index (χ4v) is 3.79. The van der Waals surface area contributed by atoms with Gasteiger partial charge in [0.2, 0.25) is 5.91 Å². The van der Waals surface area contributed by atoms with Gasteiger partial charge in [0, 0.05) is 42.8 Å². The summed E-state index contributed by atoms with van der Waals surface area (Å²) in [6.45, 7) is 2.92. The molecule has 4 nitrogen and oxygen atoms in total. The van der Waals surface area contributed by atoms with Crippen LogP contribution in [0.3, 0.4) is 0 Å². The van der Waals surface area contributed by atoms with E-state index < -0.39 is 0 Å². The number of amides is 2. The van der Waals surface area contributed by atoms with Gasteiger partial charge in [0.25, 0.3) is 5.91 Å². The molecule has 130 valence electrons. The van der Waals surface area contributed by atoms with E-state index in [1.165, 1.54) is 5.56 Å². The number of rotatable bonds is 6. The van der Waals surface area contributed by atoms with Crippen molar-refractivity contribution in [2.75, 3.05) is 23.7 Å². The minimum absolute atomic E-state index is 0.0476. The second kappa shape index (κ2) is 8.21. The number of carbonyl (C=O) groups is 2. The van der Waals surface area contributed by atoms with Gasteiger partial charge in [-0.05, 0) is 35.7 Å². The summed E-state index contributed by atoms with van der Waals surface area (Å²) < 4.78 is 0. The molecule has 2 aromatic carbocycles. The Kier molecular flexibility index (Phi) is 5.76. The zero-order valence-electron chi connectivity index (χ0n) is 14.3. The van der Waals surface area contributed by atoms with Crippen molar-refractivity contribution in [3.05, 3.63) is 65.2 Å². The van der Waals surface area contributed by atoms with Crippen LogP contribution in [0, 0.1) is 0 Å². The minimum atomic E-state index is -0.0515. The topological polar surface area (TPSA) is 49.4 Å². The quantitative estimate of drug-likeness (QED) is 0.810. The highest BCUT2D eigenvalue weighted by molar-refractivity contribution is 7.98. The summed E-state index contributed by atoms with van der Waals surface area (Å²) >= 11 is 1.81. The number of thioether (sulfide) groups is 1. The molecule has 1 aliphatic heterocycles. The van der Waals surface area contributed by atoms with Crippen molar-refractivity contribution in [1.82, 2.24) is 5.32 Å². The molecule has 2 amide bonds. The highest BCUT2D eigenvalue weighted by atomic mass is 32.2. The molecule has 5 heteroatoms. The highest BCUT2D eigenvalue weighted by Gasteiger charge is 2.22. The van der Waals surface area contributed by atoms with Crippen molar-refractivity contribution in [1.29, 1.82) is 0 Å². The summed E-state index contributed by atoms with van der Waals surface area (Å²) in [4.78, 5) is 25.6. The van der Waals surface area contributed by atoms with Gasteiger partial charge in [0.1, 0.15) is 0 Å². The molecule has 2 aromatic rings. The summed E-state index contributed by atoms with van der Waals surface area (Å²) in [5.41, 5.74) is 3.97. The van der Waals surface area contributed by atoms with Gasteiger partial charge >= 0.3 is 0 Å². The smallest absolute Gasteiger partial charge is 0.251 e. The first kappa shape index (κ1) is 17.5. The largest absolute Gasteiger partial charge is 0.351 e. The van der Waals surface area contributed by atoms with Crippen molar-refractivity contribution in [3.8, 4) is 0 Å². The maximum absolute atomic E-state index is 12.3. The Morgan fingerprint density at radius 1 is 1.16 bits per heavy atom. The first-order valence-corrected chi connectivity index (χ1v) is 9.61. The van der Waals surface area contributed by atoms with Crippen molar-refractivity contribution in [2.24, 2.45) is 0 Å². The molecule has 1 N–H and O–H groups in total. The molecule has 0 aliphatic carbocycles. The fourth-order valence-electron chi connectivity index (χ4n) is 2.97. The molecule has 0 saturated carbocycles. The highest BCUT2D eigenvalue weighted by Crippen LogP contribution is 2.28. The molecule has 0 radical (unpaired) electrons. The van der Waals surface area contributed by atoms with Gasteiger partial charge in [-0.3, -0.25) is 9.59 Å². The lowest BCUT2D eigenvalue weighted by molar-refractivity contribution is -0.116. The summed E-state index contributed by atoms with van der Waals surface area (Å²) in [6.07, 6.45) is 0.808. The number of hydrogen-bond acceptors (Lipinski definition) is 3. The van der Waals surface area contributed by atoms with E-state index in [-0.39, 0.29) is 11.8 Å². The lowest BCUT2D eigenvalue weighted by atomic mass is 10.1. The van der Waals surface area contributed by atoms with Crippen molar-refractivity contribution < 1.29 is 9.59 Å². The van der Waals surface area contributed by atoms with Gasteiger partial charge in [-0.2, -0.15) is 11.8 Å². The third-order valence-corrected chi connectivity index (χ3v) is 5.29. The molecule has 3 rings (SSSR count). The molecule has 0 unspecified atom stereocenters. The second-order valence-electron chi connectivity index (χ2n) is 6.06. The molecule has 0 atom stereocenters. The number of anilines is 1. The molecular formula is C20H22N2O2S. The van der Waals surface area contributed by atoms with Crippen LogP contribution in [0.5, 0.6) is 0 Å². The molecule has 1 aliphatic rings. The molecular weight excluding hydrogens is 332 g/mol. The Balaban J connectivity index is 1.47. The Bertz CT molecular complexity index is 762. The average Bonchev–Trinajstić information content (AvgIpc) is 3.05. The zero-order valence-corrected chi connectivity index (χ0v) is 15.1. The van der Waals surface area contributed by atoms with Crippen molar-refractivity contribution in [3.63, 3.8) is 0 Å². The van der Waals surface area contributed by atoms with Crippen LogP contribution in [0.4, 0.5) is 5.69 Å². The Morgan fingerprint density at radius 3 is 2.72 bits per heavy atom. The number of nitrogens with zero attached hydrogens (tertiary/aromatic N) is 1. The predicted molar refractivity (Wildman–Crippen MR) is 103 cm³/mol. The monoisotopic (exact) mass is 354 g/mol. The third kappa shape index (κ3) is 4.42. The Morgan fingerprint density at radius 2 is 1.96 bits per heavy atom. The van der Waals surface area contributed by atoms with E-state index in [0.29, 0.717) is 18.7 Å². The van der Waals surface area contributed by atoms with Gasteiger partial charge < -0.3 is 10.2 Å². The number of nitrogens with one attached hydrogen (secondary N) is 1. The number of fused-ring (bicyclic) bond motifs is 1. The van der Waals surface area contributed by atoms with Gasteiger partial charge in [0.05, 0.1) is 0 Å². The minimum Gasteiger partial charge on any atom is -0.351 e. The van der Waals surface area contributed by atoms with E-state index in [4.69, 9.17) is 0 Å². The number of carbonyl (C=O) groups excluding carboxylic acids is 2. The van der Waals surface area contributed by atoms with Gasteiger partial charge in [-0.25, -0.2) is 0 Å². The Labute approximate surface area is 152 Å². The van der Waals surface area contributed by atoms with Crippen LogP contribution in [0.25, 0.3) is 0 Å². The standard InChI is InChI=1S/C20H22N2O2S/c1-15(23)22-11-9-17-13-18(7-8-19(17)22)20(24)21-10-12-25-14-16-5-3-2-4-6-16/h2-8,13H,9-12,14H2,1H3,(H,21,24). The Hall–Kier alpha value is -2.27. The zero-order chi connectivity index (χ0) is 17.6. The van der Waals surface area contributed by atoms with E-state index in [1.54, 1.807) is 17.9 Å². The first-order valence-electron chi connectivity index (χ1n) is 8.46. The van der Waals surface area contributed by atoms with Crippen LogP contribution in [-0.4, -0.2) is 30.7 Å². The van der Waals surface area contributed by atoms with E-state index in [0.717, 1.165) is 29.2 Å². The summed E-state index contributed by atoms with van der Waals surface area (Å²) in [6, 6.07) is 15.9. The summed E-state index contributed by atoms with van der Waals surface area (Å²) in [5, 5.41) is 2.97. The van der Waals surface area contributed by atoms with Crippen LogP contribution in [0.1, 0.15) is 28.4 Å². The SMILES string of the molecule is CC(=O)N1CCc2cc(C(=O)NCCSCc3ccccc3)ccc21. The van der Waals surface area contributed by atoms with E-state index in [9.17, 15) is 9.59 Å². The molecule has 25 heavy (non-hydrogen) atoms. The van der Waals surface area contributed by atoms with Crippen LogP contribution in [0.2, 0.25) is 0 Å². The lowest BCUT2D eigenvalue weighted by Gasteiger charge is -2.14. The lowest BCUT2D eigenvalue weighted by Crippen LogP contribution is -2.26. The maximum atomic E-state index is 12.3. The van der Waals surface area contributed by atoms with E-state index in [2.05, 4.69) is 17.4 Å². The van der Waals surface area contributed by atoms with E-state index in [1.807, 2.05) is 42.1 Å². The second-order valence-corrected chi connectivity index (χ2v) is 7.16. The summed E-state index contributed by atoms with van der Waals surface area (Å²) in [7, 11) is 0. The van der Waals surface area contributed by atoms with Gasteiger partial charge in [0.15, 0.2) is 0 Å². The predicted octanol–water partition coefficient (Wildman–Crippen LogP) is 3.26. The number of hydrogen-bond donors (Lipinski definition) is 1. The van der Waals surface area contributed by atoms with Crippen LogP contribution >= 0.6 is 11.8 Å². The molecule has 1 heterocycles. The molecule has 0 aromatic heterocycles. The summed E-state index contributed by atoms with van der Waals surface area (Å²) in [5.74, 6) is 1.83. The normalized spacial score (nSPS) is 12.8. The van der Waals surface area contributed by atoms with Crippen molar-refractivity contribution >= 4 is 29.3 Å². The average molecular weight is 354 g/mol. The number of benzene rings is 2. The fraction of sp³-hybridized carbons (Fsp3) is 0.300. The van der Waals surface area contributed by atoms with Crippen LogP contribution in [-0.2, 0) is 17.0 Å². The maximum Gasteiger partial charge on any atom is 0.251 e. The van der Waals surface area contributed by atoms with Crippen LogP contribution in [0.15, 0.2) is 48.5 Å². The molecule has 0 fully saturated rings. The molecule has 0 spiro atoms. The third-order valence-electron chi connectivity index (χ3n) is 4.26. The first-order chi connectivity index (χ1) is 12.1. The molecule has 0 saturated heterocycles. The molecule has 0 bridgehead atoms. The van der Waals surface area contributed by atoms with Gasteiger partial charge in [-0.1, -0.05) is 30.3 Å². The van der Waals surface area contributed by atoms with E-state index >= 15 is 0 Å². The van der Waals surface area contributed by atoms with Crippen LogP contribution < -0.4 is 10.2 Å². The van der Waals surface area contributed by atoms with Gasteiger partial charge in [-0.15, -0.1) is 0 Å². The van der Waals surface area contributed by atoms with Crippen molar-refractivity contribution in [2.45, 2.75) is 19.1 Å².